The Morgan fingerprint density at radius 3 is 1.94 bits per heavy atom. The zero-order valence-corrected chi connectivity index (χ0v) is 19.4. The van der Waals surface area contributed by atoms with Crippen LogP contribution in [0.1, 0.15) is 65.5 Å². The van der Waals surface area contributed by atoms with E-state index in [1.165, 1.54) is 0 Å². The van der Waals surface area contributed by atoms with E-state index in [0.717, 1.165) is 23.1 Å². The average molecular weight is 421 g/mol. The summed E-state index contributed by atoms with van der Waals surface area (Å²) in [5.41, 5.74) is 3.66. The molecule has 8 nitrogen and oxygen atoms in total. The van der Waals surface area contributed by atoms with Gasteiger partial charge >= 0.3 is 25.0 Å². The van der Waals surface area contributed by atoms with E-state index < -0.39 is 23.7 Å². The van der Waals surface area contributed by atoms with Crippen LogP contribution in [-0.2, 0) is 9.53 Å². The maximum Gasteiger partial charge on any atom is 1.00 e. The average Bonchev–Trinajstić information content (AvgIpc) is 2.63. The van der Waals surface area contributed by atoms with Gasteiger partial charge in [0.25, 0.3) is 0 Å². The summed E-state index contributed by atoms with van der Waals surface area (Å²) in [6.45, 7) is 12.6. The number of carboxylic acids is 1. The van der Waals surface area contributed by atoms with Crippen LogP contribution in [0.25, 0.3) is 0 Å². The first-order chi connectivity index (χ1) is 13.8. The number of ether oxygens (including phenoxy) is 1. The summed E-state index contributed by atoms with van der Waals surface area (Å²) in [5.74, 6) is -1.44. The van der Waals surface area contributed by atoms with Gasteiger partial charge in [-0.25, -0.2) is 4.79 Å². The summed E-state index contributed by atoms with van der Waals surface area (Å²) in [6, 6.07) is 5.55. The van der Waals surface area contributed by atoms with Crippen molar-refractivity contribution in [2.75, 3.05) is 0 Å². The van der Waals surface area contributed by atoms with E-state index in [-0.39, 0.29) is 24.6 Å². The largest absolute Gasteiger partial charge is 1.00 e. The molecule has 2 aromatic rings. The second-order valence-corrected chi connectivity index (χ2v) is 7.79. The van der Waals surface area contributed by atoms with Crippen LogP contribution in [0, 0.1) is 27.7 Å². The van der Waals surface area contributed by atoms with Gasteiger partial charge < -0.3 is 20.0 Å². The number of carbonyl (C=O) groups excluding carboxylic acids is 3. The topological polar surface area (TPSA) is 121 Å². The molecular formula is C22H28LiN3O5. The van der Waals surface area contributed by atoms with E-state index in [4.69, 9.17) is 4.74 Å². The standard InChI is InChI=1S/C14H20N2O4.C8H9NO.Li/c1-8-6-7-10(15-9(8)2)11(12(17)18)16-13(19)20-14(3,4)5;1-6-3-4-8(5-10)9-7(6)2;/h6-7,11H,1-5H3,(H,16,19)(H,17,18);3-5H,1-2H3;/q;;+1/p-1. The second kappa shape index (κ2) is 12.2. The van der Waals surface area contributed by atoms with Crippen LogP contribution in [0.4, 0.5) is 4.79 Å². The molecule has 0 saturated heterocycles. The number of rotatable bonds is 4. The maximum absolute atomic E-state index is 11.6. The van der Waals surface area contributed by atoms with Gasteiger partial charge in [0, 0.05) is 11.4 Å². The van der Waals surface area contributed by atoms with Crippen molar-refractivity contribution in [2.24, 2.45) is 0 Å². The number of aromatic nitrogens is 2. The van der Waals surface area contributed by atoms with E-state index in [9.17, 15) is 19.5 Å². The predicted molar refractivity (Wildman–Crippen MR) is 110 cm³/mol. The van der Waals surface area contributed by atoms with Crippen LogP contribution in [0.3, 0.4) is 0 Å². The molecule has 1 N–H and O–H groups in total. The third-order valence-electron chi connectivity index (χ3n) is 4.06. The number of carboxylic acid groups (broad SMARTS) is 1. The van der Waals surface area contributed by atoms with Gasteiger partial charge in [-0.05, 0) is 71.7 Å². The quantitative estimate of drug-likeness (QED) is 0.523. The van der Waals surface area contributed by atoms with E-state index in [1.54, 1.807) is 45.9 Å². The molecule has 0 aromatic carbocycles. The molecule has 0 fully saturated rings. The minimum Gasteiger partial charge on any atom is -0.547 e. The number of alkyl carbamates (subject to hydrolysis) is 1. The number of aryl methyl sites for hydroxylation is 4. The molecule has 31 heavy (non-hydrogen) atoms. The molecule has 1 amide bonds. The summed E-state index contributed by atoms with van der Waals surface area (Å²) < 4.78 is 5.02. The van der Waals surface area contributed by atoms with Gasteiger partial charge in [0.1, 0.15) is 17.3 Å². The Bertz CT molecular complexity index is 926. The van der Waals surface area contributed by atoms with Crippen molar-refractivity contribution in [1.82, 2.24) is 15.3 Å². The van der Waals surface area contributed by atoms with Gasteiger partial charge in [-0.3, -0.25) is 14.8 Å². The minimum atomic E-state index is -1.44. The molecule has 1 unspecified atom stereocenters. The fraction of sp³-hybridized carbons (Fsp3) is 0.409. The van der Waals surface area contributed by atoms with Crippen LogP contribution >= 0.6 is 0 Å². The number of aliphatic carboxylic acids is 1. The number of pyridine rings is 2. The zero-order chi connectivity index (χ0) is 23.1. The number of aldehydes is 1. The molecule has 1 atom stereocenters. The molecule has 2 rings (SSSR count). The molecule has 0 saturated carbocycles. The Balaban J connectivity index is 0.000000688. The Morgan fingerprint density at radius 2 is 1.52 bits per heavy atom. The monoisotopic (exact) mass is 421 g/mol. The summed E-state index contributed by atoms with van der Waals surface area (Å²) in [4.78, 5) is 41.2. The molecular weight excluding hydrogens is 393 g/mol. The second-order valence-electron chi connectivity index (χ2n) is 7.79. The Hall–Kier alpha value is -2.69. The van der Waals surface area contributed by atoms with E-state index >= 15 is 0 Å². The van der Waals surface area contributed by atoms with Gasteiger partial charge in [-0.15, -0.1) is 0 Å². The van der Waals surface area contributed by atoms with E-state index in [0.29, 0.717) is 11.4 Å². The van der Waals surface area contributed by atoms with Crippen molar-refractivity contribution in [3.8, 4) is 0 Å². The SMILES string of the molecule is Cc1ccc(C(NC(=O)OC(C)(C)C)C(=O)[O-])nc1C.Cc1ccc(C=O)nc1C.[Li+]. The van der Waals surface area contributed by atoms with Crippen LogP contribution < -0.4 is 29.3 Å². The fourth-order valence-electron chi connectivity index (χ4n) is 2.21. The van der Waals surface area contributed by atoms with Crippen molar-refractivity contribution in [1.29, 1.82) is 0 Å². The third kappa shape index (κ3) is 9.77. The third-order valence-corrected chi connectivity index (χ3v) is 4.06. The van der Waals surface area contributed by atoms with Gasteiger partial charge in [-0.2, -0.15) is 0 Å². The Morgan fingerprint density at radius 1 is 1.00 bits per heavy atom. The van der Waals surface area contributed by atoms with Gasteiger partial charge in [0.2, 0.25) is 0 Å². The first-order valence-electron chi connectivity index (χ1n) is 9.38. The number of hydrogen-bond donors (Lipinski definition) is 1. The van der Waals surface area contributed by atoms with Gasteiger partial charge in [0.15, 0.2) is 6.29 Å². The van der Waals surface area contributed by atoms with Crippen LogP contribution in [0.15, 0.2) is 24.3 Å². The van der Waals surface area contributed by atoms with E-state index in [1.807, 2.05) is 26.8 Å². The fourth-order valence-corrected chi connectivity index (χ4v) is 2.21. The molecule has 0 aliphatic rings. The molecule has 0 spiro atoms. The first kappa shape index (κ1) is 28.3. The molecule has 0 aliphatic carbocycles. The number of hydrogen-bond acceptors (Lipinski definition) is 7. The van der Waals surface area contributed by atoms with Gasteiger partial charge in [0.05, 0.1) is 11.7 Å². The molecule has 0 aliphatic heterocycles. The molecule has 162 valence electrons. The maximum atomic E-state index is 11.6. The molecule has 0 radical (unpaired) electrons. The summed E-state index contributed by atoms with van der Waals surface area (Å²) >= 11 is 0. The van der Waals surface area contributed by atoms with Crippen LogP contribution in [0.5, 0.6) is 0 Å². The van der Waals surface area contributed by atoms with Crippen molar-refractivity contribution >= 4 is 18.3 Å². The van der Waals surface area contributed by atoms with E-state index in [2.05, 4.69) is 15.3 Å². The molecule has 9 heteroatoms. The summed E-state index contributed by atoms with van der Waals surface area (Å²) in [5, 5.41) is 13.4. The number of nitrogens with zero attached hydrogens (tertiary/aromatic N) is 2. The van der Waals surface area contributed by atoms with Crippen molar-refractivity contribution < 1.29 is 43.1 Å². The Kier molecular flexibility index (Phi) is 11.2. The normalized spacial score (nSPS) is 11.2. The van der Waals surface area contributed by atoms with Gasteiger partial charge in [-0.1, -0.05) is 12.1 Å². The number of amides is 1. The Labute approximate surface area is 195 Å². The van der Waals surface area contributed by atoms with Crippen LogP contribution in [0.2, 0.25) is 0 Å². The molecule has 2 heterocycles. The predicted octanol–water partition coefficient (Wildman–Crippen LogP) is -0.471. The van der Waals surface area contributed by atoms with Crippen molar-refractivity contribution in [3.63, 3.8) is 0 Å². The molecule has 2 aromatic heterocycles. The van der Waals surface area contributed by atoms with Crippen LogP contribution in [-0.4, -0.2) is 33.9 Å². The molecule has 0 bridgehead atoms. The minimum absolute atomic E-state index is 0. The van der Waals surface area contributed by atoms with Crippen molar-refractivity contribution in [3.05, 3.63) is 58.2 Å². The summed E-state index contributed by atoms with van der Waals surface area (Å²) in [6.07, 6.45) is -0.0707. The van der Waals surface area contributed by atoms with Crippen molar-refractivity contribution in [2.45, 2.75) is 60.1 Å². The number of nitrogens with one attached hydrogen (secondary N) is 1. The summed E-state index contributed by atoms with van der Waals surface area (Å²) in [7, 11) is 0. The number of carbonyl (C=O) groups is 3. The zero-order valence-electron chi connectivity index (χ0n) is 19.4. The smallest absolute Gasteiger partial charge is 0.547 e. The first-order valence-corrected chi connectivity index (χ1v) is 9.38.